The van der Waals surface area contributed by atoms with E-state index in [-0.39, 0.29) is 17.9 Å². The minimum Gasteiger partial charge on any atom is -0.486 e. The van der Waals surface area contributed by atoms with Crippen LogP contribution >= 0.6 is 0 Å². The number of ether oxygens (including phenoxy) is 2. The smallest absolute Gasteiger partial charge is 0.201 e. The maximum Gasteiger partial charge on any atom is 0.201 e. The van der Waals surface area contributed by atoms with Gasteiger partial charge in [0.25, 0.3) is 0 Å². The zero-order valence-corrected chi connectivity index (χ0v) is 21.8. The van der Waals surface area contributed by atoms with Crippen molar-refractivity contribution in [2.24, 2.45) is 0 Å². The molecule has 0 saturated heterocycles. The zero-order chi connectivity index (χ0) is 26.5. The number of allylic oxidation sites excluding steroid dienone is 1. The van der Waals surface area contributed by atoms with Crippen molar-refractivity contribution in [1.82, 2.24) is 9.97 Å². The lowest BCUT2D eigenvalue weighted by atomic mass is 10.0. The highest BCUT2D eigenvalue weighted by Crippen LogP contribution is 2.31. The van der Waals surface area contributed by atoms with Gasteiger partial charge in [0.15, 0.2) is 17.4 Å². The third-order valence-electron chi connectivity index (χ3n) is 6.00. The SMILES string of the molecule is C=CCOc1ccc(-c2ccc(-c3cnc(/C=C/CCCC(C)OCCCCC)nc3)cc2)c(F)c1F. The molecule has 0 fully saturated rings. The van der Waals surface area contributed by atoms with Gasteiger partial charge in [-0.2, -0.15) is 4.39 Å². The largest absolute Gasteiger partial charge is 0.486 e. The molecule has 0 N–H and O–H groups in total. The van der Waals surface area contributed by atoms with Crippen LogP contribution in [0.2, 0.25) is 0 Å². The third kappa shape index (κ3) is 8.60. The van der Waals surface area contributed by atoms with E-state index in [2.05, 4.69) is 36.5 Å². The molecule has 6 heteroatoms. The summed E-state index contributed by atoms with van der Waals surface area (Å²) in [5.41, 5.74) is 2.47. The molecule has 3 rings (SSSR count). The monoisotopic (exact) mass is 506 g/mol. The van der Waals surface area contributed by atoms with Gasteiger partial charge in [-0.1, -0.05) is 62.8 Å². The van der Waals surface area contributed by atoms with E-state index in [1.165, 1.54) is 31.1 Å². The molecule has 0 aliphatic rings. The van der Waals surface area contributed by atoms with Gasteiger partial charge in [0.1, 0.15) is 6.61 Å². The molecule has 0 bridgehead atoms. The van der Waals surface area contributed by atoms with Crippen LogP contribution in [0.4, 0.5) is 8.78 Å². The lowest BCUT2D eigenvalue weighted by molar-refractivity contribution is 0.0566. The van der Waals surface area contributed by atoms with Crippen LogP contribution in [0.15, 0.2) is 67.5 Å². The van der Waals surface area contributed by atoms with Gasteiger partial charge in [-0.15, -0.1) is 0 Å². The third-order valence-corrected chi connectivity index (χ3v) is 6.00. The van der Waals surface area contributed by atoms with Gasteiger partial charge in [-0.05, 0) is 61.9 Å². The summed E-state index contributed by atoms with van der Waals surface area (Å²) in [5.74, 6) is -1.43. The zero-order valence-electron chi connectivity index (χ0n) is 21.8. The first-order valence-corrected chi connectivity index (χ1v) is 13.0. The Morgan fingerprint density at radius 2 is 1.65 bits per heavy atom. The summed E-state index contributed by atoms with van der Waals surface area (Å²) in [6.07, 6.45) is 15.9. The molecule has 1 unspecified atom stereocenters. The van der Waals surface area contributed by atoms with E-state index in [0.717, 1.165) is 43.4 Å². The summed E-state index contributed by atoms with van der Waals surface area (Å²) in [5, 5.41) is 0. The van der Waals surface area contributed by atoms with Crippen molar-refractivity contribution in [3.8, 4) is 28.0 Å². The molecule has 0 aliphatic carbocycles. The normalized spacial score (nSPS) is 12.1. The minimum absolute atomic E-state index is 0.106. The average Bonchev–Trinajstić information content (AvgIpc) is 2.92. The molecule has 196 valence electrons. The number of benzene rings is 2. The lowest BCUT2D eigenvalue weighted by Gasteiger charge is -2.11. The predicted molar refractivity (Wildman–Crippen MR) is 146 cm³/mol. The van der Waals surface area contributed by atoms with Crippen LogP contribution in [0, 0.1) is 11.6 Å². The highest BCUT2D eigenvalue weighted by molar-refractivity contribution is 5.70. The van der Waals surface area contributed by atoms with E-state index in [9.17, 15) is 8.78 Å². The van der Waals surface area contributed by atoms with Crippen molar-refractivity contribution >= 4 is 6.08 Å². The Labute approximate surface area is 219 Å². The summed E-state index contributed by atoms with van der Waals surface area (Å²) in [6, 6.07) is 10.1. The van der Waals surface area contributed by atoms with Gasteiger partial charge < -0.3 is 9.47 Å². The molecular weight excluding hydrogens is 470 g/mol. The van der Waals surface area contributed by atoms with Crippen LogP contribution in [-0.2, 0) is 4.74 Å². The Kier molecular flexibility index (Phi) is 11.4. The maximum atomic E-state index is 14.6. The fourth-order valence-electron chi connectivity index (χ4n) is 3.86. The van der Waals surface area contributed by atoms with Crippen molar-refractivity contribution in [3.63, 3.8) is 0 Å². The summed E-state index contributed by atoms with van der Waals surface area (Å²) < 4.78 is 39.9. The van der Waals surface area contributed by atoms with E-state index in [1.807, 2.05) is 18.2 Å². The summed E-state index contributed by atoms with van der Waals surface area (Å²) in [4.78, 5) is 8.87. The molecule has 0 aliphatic heterocycles. The molecule has 0 saturated carbocycles. The Morgan fingerprint density at radius 3 is 2.35 bits per heavy atom. The highest BCUT2D eigenvalue weighted by Gasteiger charge is 2.15. The number of hydrogen-bond acceptors (Lipinski definition) is 4. The first-order valence-electron chi connectivity index (χ1n) is 13.0. The second-order valence-electron chi connectivity index (χ2n) is 8.97. The number of aromatic nitrogens is 2. The van der Waals surface area contributed by atoms with E-state index in [1.54, 1.807) is 24.5 Å². The van der Waals surface area contributed by atoms with Crippen molar-refractivity contribution in [2.45, 2.75) is 58.5 Å². The number of rotatable bonds is 15. The number of halogens is 2. The van der Waals surface area contributed by atoms with Crippen LogP contribution in [0.3, 0.4) is 0 Å². The van der Waals surface area contributed by atoms with Crippen molar-refractivity contribution in [3.05, 3.63) is 85.0 Å². The molecule has 37 heavy (non-hydrogen) atoms. The maximum absolute atomic E-state index is 14.6. The standard InChI is InChI=1S/C31H36F2N2O2/c1-4-6-10-20-36-23(3)11-8-7-9-12-29-34-21-26(22-35-29)24-13-15-25(16-14-24)27-17-18-28(37-19-5-2)31(33)30(27)32/h5,9,12-18,21-23H,2,4,6-8,10-11,19-20H2,1,3H3/b12-9+. The summed E-state index contributed by atoms with van der Waals surface area (Å²) >= 11 is 0. The van der Waals surface area contributed by atoms with Gasteiger partial charge >= 0.3 is 0 Å². The Balaban J connectivity index is 1.52. The Morgan fingerprint density at radius 1 is 0.919 bits per heavy atom. The number of unbranched alkanes of at least 4 members (excludes halogenated alkanes) is 3. The van der Waals surface area contributed by atoms with Crippen LogP contribution in [0.1, 0.15) is 58.2 Å². The predicted octanol–water partition coefficient (Wildman–Crippen LogP) is 8.43. The fraction of sp³-hybridized carbons (Fsp3) is 0.355. The summed E-state index contributed by atoms with van der Waals surface area (Å²) in [7, 11) is 0. The lowest BCUT2D eigenvalue weighted by Crippen LogP contribution is -2.08. The van der Waals surface area contributed by atoms with Crippen LogP contribution in [-0.4, -0.2) is 29.3 Å². The molecule has 0 spiro atoms. The second-order valence-corrected chi connectivity index (χ2v) is 8.97. The van der Waals surface area contributed by atoms with Gasteiger partial charge in [-0.25, -0.2) is 14.4 Å². The Bertz CT molecular complexity index is 1150. The molecule has 1 heterocycles. The molecular formula is C31H36F2N2O2. The van der Waals surface area contributed by atoms with Crippen molar-refractivity contribution in [1.29, 1.82) is 0 Å². The van der Waals surface area contributed by atoms with E-state index < -0.39 is 11.6 Å². The van der Waals surface area contributed by atoms with Crippen LogP contribution in [0.5, 0.6) is 5.75 Å². The van der Waals surface area contributed by atoms with Gasteiger partial charge in [0.2, 0.25) is 5.82 Å². The van der Waals surface area contributed by atoms with Gasteiger partial charge in [0.05, 0.1) is 6.10 Å². The molecule has 0 radical (unpaired) electrons. The van der Waals surface area contributed by atoms with E-state index in [4.69, 9.17) is 9.47 Å². The summed E-state index contributed by atoms with van der Waals surface area (Å²) in [6.45, 7) is 8.80. The van der Waals surface area contributed by atoms with Gasteiger partial charge in [0, 0.05) is 30.1 Å². The quantitative estimate of drug-likeness (QED) is 0.153. The van der Waals surface area contributed by atoms with Crippen LogP contribution < -0.4 is 4.74 Å². The van der Waals surface area contributed by atoms with Crippen LogP contribution in [0.25, 0.3) is 28.3 Å². The molecule has 2 aromatic carbocycles. The molecule has 0 amide bonds. The topological polar surface area (TPSA) is 44.2 Å². The second kappa shape index (κ2) is 15.0. The molecule has 3 aromatic rings. The minimum atomic E-state index is -1.01. The number of hydrogen-bond donors (Lipinski definition) is 0. The molecule has 1 atom stereocenters. The first kappa shape index (κ1) is 28.2. The molecule has 4 nitrogen and oxygen atoms in total. The number of nitrogens with zero attached hydrogens (tertiary/aromatic N) is 2. The van der Waals surface area contributed by atoms with E-state index in [0.29, 0.717) is 17.5 Å². The average molecular weight is 507 g/mol. The highest BCUT2D eigenvalue weighted by atomic mass is 19.2. The molecule has 1 aromatic heterocycles. The van der Waals surface area contributed by atoms with Crippen molar-refractivity contribution in [2.75, 3.05) is 13.2 Å². The Hall–Kier alpha value is -3.38. The van der Waals surface area contributed by atoms with E-state index >= 15 is 0 Å². The van der Waals surface area contributed by atoms with Gasteiger partial charge in [-0.3, -0.25) is 0 Å². The van der Waals surface area contributed by atoms with Crippen molar-refractivity contribution < 1.29 is 18.3 Å². The first-order chi connectivity index (χ1) is 18.0. The fourth-order valence-corrected chi connectivity index (χ4v) is 3.86.